The van der Waals surface area contributed by atoms with Gasteiger partial charge >= 0.3 is 0 Å². The number of halogens is 1. The lowest BCUT2D eigenvalue weighted by Gasteiger charge is -2.22. The quantitative estimate of drug-likeness (QED) is 0.284. The van der Waals surface area contributed by atoms with Gasteiger partial charge in [-0.1, -0.05) is 11.6 Å². The molecular formula is C29H34ClN7O3. The fourth-order valence-electron chi connectivity index (χ4n) is 4.58. The summed E-state index contributed by atoms with van der Waals surface area (Å²) in [4.78, 5) is 28.9. The first-order valence-electron chi connectivity index (χ1n) is 13.4. The Bertz CT molecular complexity index is 1440. The average molecular weight is 564 g/mol. The molecule has 0 spiro atoms. The van der Waals surface area contributed by atoms with E-state index in [-0.39, 0.29) is 12.5 Å². The van der Waals surface area contributed by atoms with Crippen LogP contribution < -0.4 is 20.1 Å². The number of carbonyl (C=O) groups is 1. The Morgan fingerprint density at radius 2 is 1.98 bits per heavy atom. The highest BCUT2D eigenvalue weighted by Crippen LogP contribution is 2.34. The Kier molecular flexibility index (Phi) is 8.87. The Balaban J connectivity index is 1.34. The van der Waals surface area contributed by atoms with Crippen molar-refractivity contribution in [2.45, 2.75) is 19.4 Å². The number of aromatic nitrogens is 3. The molecule has 1 amide bonds. The van der Waals surface area contributed by atoms with Crippen molar-refractivity contribution < 1.29 is 14.3 Å². The van der Waals surface area contributed by atoms with Gasteiger partial charge in [-0.25, -0.2) is 9.97 Å². The van der Waals surface area contributed by atoms with Crippen LogP contribution in [-0.2, 0) is 11.3 Å². The maximum Gasteiger partial charge on any atom is 0.260 e. The van der Waals surface area contributed by atoms with Crippen LogP contribution in [0.15, 0.2) is 55.0 Å². The first-order valence-corrected chi connectivity index (χ1v) is 13.7. The van der Waals surface area contributed by atoms with Gasteiger partial charge in [0, 0.05) is 55.3 Å². The van der Waals surface area contributed by atoms with Crippen LogP contribution in [0.3, 0.4) is 0 Å². The van der Waals surface area contributed by atoms with Crippen LogP contribution >= 0.6 is 11.6 Å². The van der Waals surface area contributed by atoms with Gasteiger partial charge < -0.3 is 34.9 Å². The third-order valence-corrected chi connectivity index (χ3v) is 7.01. The molecule has 1 aliphatic rings. The van der Waals surface area contributed by atoms with Crippen molar-refractivity contribution in [1.82, 2.24) is 24.8 Å². The minimum Gasteiger partial charge on any atom is -0.490 e. The van der Waals surface area contributed by atoms with E-state index < -0.39 is 0 Å². The number of benzene rings is 2. The number of hydrogen-bond acceptors (Lipinski definition) is 8. The summed E-state index contributed by atoms with van der Waals surface area (Å²) < 4.78 is 12.1. The van der Waals surface area contributed by atoms with Gasteiger partial charge in [-0.2, -0.15) is 0 Å². The third kappa shape index (κ3) is 6.94. The van der Waals surface area contributed by atoms with Gasteiger partial charge in [0.15, 0.2) is 18.1 Å². The number of nitrogens with zero attached hydrogens (tertiary/aromatic N) is 4. The number of aromatic amines is 1. The van der Waals surface area contributed by atoms with Gasteiger partial charge in [-0.05, 0) is 68.4 Å². The molecule has 4 aromatic rings. The summed E-state index contributed by atoms with van der Waals surface area (Å²) in [6, 6.07) is 13.2. The fraction of sp³-hybridized carbons (Fsp3) is 0.345. The number of ether oxygens (including phenoxy) is 2. The maximum atomic E-state index is 12.8. The summed E-state index contributed by atoms with van der Waals surface area (Å²) in [5.74, 6) is 1.68. The molecule has 0 unspecified atom stereocenters. The second kappa shape index (κ2) is 12.9. The minimum absolute atomic E-state index is 0.0794. The van der Waals surface area contributed by atoms with E-state index in [1.54, 1.807) is 11.9 Å². The van der Waals surface area contributed by atoms with Crippen molar-refractivity contribution >= 4 is 45.7 Å². The lowest BCUT2D eigenvalue weighted by Crippen LogP contribution is -2.33. The number of likely N-dealkylation sites (N-methyl/N-ethyl adjacent to an activating group) is 1. The zero-order valence-corrected chi connectivity index (χ0v) is 23.5. The molecule has 0 radical (unpaired) electrons. The SMILES string of the molecule is CN1CCCN(C)C(=O)COc2cc(ccc2OCCCNc2ccc(Cl)cc2)Nc2ncnc3[nH]cc(c23)C1. The fourth-order valence-corrected chi connectivity index (χ4v) is 4.70. The normalized spacial score (nSPS) is 15.0. The summed E-state index contributed by atoms with van der Waals surface area (Å²) in [6.45, 7) is 3.34. The van der Waals surface area contributed by atoms with E-state index in [1.807, 2.05) is 48.7 Å². The lowest BCUT2D eigenvalue weighted by molar-refractivity contribution is -0.132. The molecule has 0 saturated heterocycles. The highest BCUT2D eigenvalue weighted by atomic mass is 35.5. The summed E-state index contributed by atoms with van der Waals surface area (Å²) in [5.41, 5.74) is 3.64. The predicted octanol–water partition coefficient (Wildman–Crippen LogP) is 4.91. The molecule has 10 nitrogen and oxygen atoms in total. The lowest BCUT2D eigenvalue weighted by atomic mass is 10.2. The highest BCUT2D eigenvalue weighted by Gasteiger charge is 2.17. The molecular weight excluding hydrogens is 530 g/mol. The van der Waals surface area contributed by atoms with E-state index in [2.05, 4.69) is 37.5 Å². The molecule has 2 bridgehead atoms. The Labute approximate surface area is 238 Å². The standard InChI is InChI=1S/C29H34ClN7O3/c1-36-12-4-13-37(2)26(38)18-40-25-15-23(35-29-27-20(17-36)16-32-28(27)33-19-34-29)9-10-24(25)39-14-3-11-31-22-7-5-21(30)6-8-22/h5-10,15-16,19,31H,3-4,11-14,17-18H2,1-2H3,(H2,32,33,34,35). The number of H-pyrrole nitrogens is 1. The number of rotatable bonds is 6. The average Bonchev–Trinajstić information content (AvgIpc) is 3.36. The van der Waals surface area contributed by atoms with Crippen LogP contribution in [0.2, 0.25) is 5.02 Å². The van der Waals surface area contributed by atoms with Gasteiger partial charge in [-0.3, -0.25) is 4.79 Å². The Morgan fingerprint density at radius 3 is 2.83 bits per heavy atom. The molecule has 11 heteroatoms. The first kappa shape index (κ1) is 27.5. The van der Waals surface area contributed by atoms with Gasteiger partial charge in [0.1, 0.15) is 17.8 Å². The predicted molar refractivity (Wildman–Crippen MR) is 158 cm³/mol. The van der Waals surface area contributed by atoms with E-state index >= 15 is 0 Å². The summed E-state index contributed by atoms with van der Waals surface area (Å²) in [7, 11) is 3.88. The molecule has 0 aliphatic carbocycles. The highest BCUT2D eigenvalue weighted by molar-refractivity contribution is 6.30. The molecule has 40 heavy (non-hydrogen) atoms. The first-order chi connectivity index (χ1) is 19.5. The van der Waals surface area contributed by atoms with E-state index in [0.717, 1.165) is 60.4 Å². The second-order valence-corrected chi connectivity index (χ2v) is 10.3. The van der Waals surface area contributed by atoms with Gasteiger partial charge in [-0.15, -0.1) is 0 Å². The molecule has 0 atom stereocenters. The number of hydrogen-bond donors (Lipinski definition) is 3. The van der Waals surface area contributed by atoms with Crippen molar-refractivity contribution in [1.29, 1.82) is 0 Å². The van der Waals surface area contributed by atoms with Gasteiger partial charge in [0.05, 0.1) is 12.0 Å². The van der Waals surface area contributed by atoms with Crippen LogP contribution in [-0.4, -0.2) is 77.6 Å². The number of fused-ring (bicyclic) bond motifs is 2. The summed E-state index contributed by atoms with van der Waals surface area (Å²) in [6.07, 6.45) is 5.13. The van der Waals surface area contributed by atoms with E-state index in [0.29, 0.717) is 35.5 Å². The third-order valence-electron chi connectivity index (χ3n) is 6.76. The van der Waals surface area contributed by atoms with Gasteiger partial charge in [0.2, 0.25) is 0 Å². The molecule has 1 aliphatic heterocycles. The Morgan fingerprint density at radius 1 is 1.12 bits per heavy atom. The van der Waals surface area contributed by atoms with Crippen LogP contribution in [0.5, 0.6) is 11.5 Å². The van der Waals surface area contributed by atoms with E-state index in [9.17, 15) is 4.79 Å². The van der Waals surface area contributed by atoms with Crippen molar-refractivity contribution in [3.05, 3.63) is 65.6 Å². The van der Waals surface area contributed by atoms with Crippen molar-refractivity contribution in [3.63, 3.8) is 0 Å². The molecule has 2 aromatic carbocycles. The van der Waals surface area contributed by atoms with Gasteiger partial charge in [0.25, 0.3) is 5.91 Å². The zero-order chi connectivity index (χ0) is 27.9. The van der Waals surface area contributed by atoms with Crippen molar-refractivity contribution in [2.75, 3.05) is 57.6 Å². The molecule has 2 aromatic heterocycles. The second-order valence-electron chi connectivity index (χ2n) is 9.88. The molecule has 210 valence electrons. The van der Waals surface area contributed by atoms with Crippen molar-refractivity contribution in [3.8, 4) is 11.5 Å². The van der Waals surface area contributed by atoms with E-state index in [4.69, 9.17) is 21.1 Å². The van der Waals surface area contributed by atoms with Crippen LogP contribution in [0.25, 0.3) is 11.0 Å². The largest absolute Gasteiger partial charge is 0.490 e. The summed E-state index contributed by atoms with van der Waals surface area (Å²) in [5, 5.41) is 8.43. The van der Waals surface area contributed by atoms with Crippen molar-refractivity contribution in [2.24, 2.45) is 0 Å². The molecule has 3 N–H and O–H groups in total. The molecule has 0 fully saturated rings. The van der Waals surface area contributed by atoms with Crippen LogP contribution in [0.4, 0.5) is 17.2 Å². The number of nitrogens with one attached hydrogen (secondary N) is 3. The number of amides is 1. The van der Waals surface area contributed by atoms with Crippen LogP contribution in [0.1, 0.15) is 18.4 Å². The Hall–Kier alpha value is -4.02. The molecule has 0 saturated carbocycles. The molecule has 3 heterocycles. The minimum atomic E-state index is -0.0864. The monoisotopic (exact) mass is 563 g/mol. The number of carbonyl (C=O) groups excluding carboxylic acids is 1. The van der Waals surface area contributed by atoms with E-state index in [1.165, 1.54) is 6.33 Å². The van der Waals surface area contributed by atoms with Crippen LogP contribution in [0, 0.1) is 0 Å². The number of anilines is 3. The smallest absolute Gasteiger partial charge is 0.260 e. The molecule has 5 rings (SSSR count). The summed E-state index contributed by atoms with van der Waals surface area (Å²) >= 11 is 5.96. The topological polar surface area (TPSA) is 108 Å². The maximum absolute atomic E-state index is 12.8. The zero-order valence-electron chi connectivity index (χ0n) is 22.7.